The van der Waals surface area contributed by atoms with Crippen LogP contribution in [0.5, 0.6) is 0 Å². The highest BCUT2D eigenvalue weighted by Gasteiger charge is 2.23. The quantitative estimate of drug-likeness (QED) is 0.419. The van der Waals surface area contributed by atoms with Gasteiger partial charge >= 0.3 is 0 Å². The van der Waals surface area contributed by atoms with E-state index in [1.54, 1.807) is 0 Å². The van der Waals surface area contributed by atoms with Crippen molar-refractivity contribution in [1.82, 2.24) is 0 Å². The molecule has 0 heterocycles. The van der Waals surface area contributed by atoms with Crippen LogP contribution in [0.3, 0.4) is 0 Å². The van der Waals surface area contributed by atoms with E-state index in [1.165, 1.54) is 6.08 Å². The highest BCUT2D eigenvalue weighted by atomic mass is 19.2. The van der Waals surface area contributed by atoms with Gasteiger partial charge in [-0.2, -0.15) is 0 Å². The molecule has 0 aliphatic heterocycles. The molecular weight excluding hydrogens is 227 g/mol. The molecule has 5 heteroatoms. The summed E-state index contributed by atoms with van der Waals surface area (Å²) < 4.78 is 64.2. The maximum atomic E-state index is 13.1. The van der Waals surface area contributed by atoms with Gasteiger partial charge in [0.1, 0.15) is 0 Å². The highest BCUT2D eigenvalue weighted by Crippen LogP contribution is 2.24. The van der Waals surface area contributed by atoms with Crippen molar-refractivity contribution in [2.45, 2.75) is 19.8 Å². The molecule has 0 spiro atoms. The van der Waals surface area contributed by atoms with Crippen LogP contribution >= 0.6 is 0 Å². The molecule has 0 atom stereocenters. The predicted molar refractivity (Wildman–Crippen MR) is 50.2 cm³/mol. The van der Waals surface area contributed by atoms with Crippen molar-refractivity contribution >= 4 is 6.08 Å². The first-order valence-electron chi connectivity index (χ1n) is 4.68. The predicted octanol–water partition coefficient (Wildman–Crippen LogP) is 4.20. The van der Waals surface area contributed by atoms with Gasteiger partial charge in [0.25, 0.3) is 0 Å². The molecule has 16 heavy (non-hydrogen) atoms. The lowest BCUT2D eigenvalue weighted by atomic mass is 10.1. The minimum Gasteiger partial charge on any atom is -0.203 e. The van der Waals surface area contributed by atoms with Crippen LogP contribution in [-0.4, -0.2) is 0 Å². The lowest BCUT2D eigenvalue weighted by Gasteiger charge is -2.03. The fourth-order valence-electron chi connectivity index (χ4n) is 1.14. The first-order valence-corrected chi connectivity index (χ1v) is 4.68. The monoisotopic (exact) mass is 236 g/mol. The smallest absolute Gasteiger partial charge is 0.200 e. The molecule has 0 aromatic heterocycles. The van der Waals surface area contributed by atoms with Gasteiger partial charge in [0.15, 0.2) is 23.3 Å². The summed E-state index contributed by atoms with van der Waals surface area (Å²) in [5.41, 5.74) is -0.898. The molecule has 0 bridgehead atoms. The molecule has 0 amide bonds. The van der Waals surface area contributed by atoms with Gasteiger partial charge in [0, 0.05) is 0 Å². The Morgan fingerprint density at radius 2 is 1.25 bits per heavy atom. The van der Waals surface area contributed by atoms with E-state index in [2.05, 4.69) is 0 Å². The SMILES string of the molecule is CCCC=Cc1c(F)c(F)c(F)c(F)c1F. The summed E-state index contributed by atoms with van der Waals surface area (Å²) >= 11 is 0. The highest BCUT2D eigenvalue weighted by molar-refractivity contribution is 5.51. The molecule has 0 nitrogen and oxygen atoms in total. The molecule has 0 saturated carbocycles. The topological polar surface area (TPSA) is 0 Å². The summed E-state index contributed by atoms with van der Waals surface area (Å²) in [6.45, 7) is 1.82. The van der Waals surface area contributed by atoms with Crippen LogP contribution in [0.4, 0.5) is 22.0 Å². The number of halogens is 5. The molecule has 0 unspecified atom stereocenters. The van der Waals surface area contributed by atoms with Crippen molar-refractivity contribution < 1.29 is 22.0 Å². The molecule has 0 N–H and O–H groups in total. The summed E-state index contributed by atoms with van der Waals surface area (Å²) in [5, 5.41) is 0. The van der Waals surface area contributed by atoms with Gasteiger partial charge in [0.05, 0.1) is 5.56 Å². The number of unbranched alkanes of at least 4 members (excludes halogenated alkanes) is 1. The average molecular weight is 236 g/mol. The van der Waals surface area contributed by atoms with Gasteiger partial charge in [-0.05, 0) is 6.42 Å². The zero-order valence-electron chi connectivity index (χ0n) is 8.46. The number of allylic oxidation sites excluding steroid dienone is 1. The fraction of sp³-hybridized carbons (Fsp3) is 0.273. The Balaban J connectivity index is 3.29. The van der Waals surface area contributed by atoms with Gasteiger partial charge in [-0.25, -0.2) is 22.0 Å². The standard InChI is InChI=1S/C11H9F5/c1-2-3-4-5-6-7(12)9(14)11(16)10(15)8(6)13/h4-5H,2-3H2,1H3. The van der Waals surface area contributed by atoms with E-state index in [0.29, 0.717) is 12.8 Å². The van der Waals surface area contributed by atoms with Crippen molar-refractivity contribution in [2.75, 3.05) is 0 Å². The van der Waals surface area contributed by atoms with Gasteiger partial charge in [-0.15, -0.1) is 0 Å². The van der Waals surface area contributed by atoms with E-state index in [1.807, 2.05) is 6.92 Å². The van der Waals surface area contributed by atoms with Crippen LogP contribution in [-0.2, 0) is 0 Å². The van der Waals surface area contributed by atoms with E-state index in [0.717, 1.165) is 6.08 Å². The summed E-state index contributed by atoms with van der Waals surface area (Å²) in [6.07, 6.45) is 3.48. The molecule has 1 aromatic rings. The van der Waals surface area contributed by atoms with Gasteiger partial charge in [0.2, 0.25) is 5.82 Å². The van der Waals surface area contributed by atoms with E-state index < -0.39 is 34.6 Å². The van der Waals surface area contributed by atoms with Gasteiger partial charge in [-0.3, -0.25) is 0 Å². The fourth-order valence-corrected chi connectivity index (χ4v) is 1.14. The molecule has 0 radical (unpaired) electrons. The van der Waals surface area contributed by atoms with Crippen molar-refractivity contribution in [2.24, 2.45) is 0 Å². The molecule has 0 aliphatic carbocycles. The van der Waals surface area contributed by atoms with Crippen LogP contribution in [0.25, 0.3) is 6.08 Å². The first-order chi connectivity index (χ1) is 7.50. The molecule has 1 rings (SSSR count). The van der Waals surface area contributed by atoms with Crippen molar-refractivity contribution in [3.8, 4) is 0 Å². The normalized spacial score (nSPS) is 11.4. The number of benzene rings is 1. The lowest BCUT2D eigenvalue weighted by Crippen LogP contribution is -2.03. The molecule has 0 aliphatic rings. The number of rotatable bonds is 3. The van der Waals surface area contributed by atoms with Crippen LogP contribution in [0, 0.1) is 29.1 Å². The van der Waals surface area contributed by atoms with Crippen LogP contribution < -0.4 is 0 Å². The second-order valence-corrected chi connectivity index (χ2v) is 3.17. The Morgan fingerprint density at radius 3 is 1.69 bits per heavy atom. The van der Waals surface area contributed by atoms with Gasteiger partial charge in [-0.1, -0.05) is 25.5 Å². The van der Waals surface area contributed by atoms with Crippen molar-refractivity contribution in [1.29, 1.82) is 0 Å². The maximum Gasteiger partial charge on any atom is 0.200 e. The molecule has 88 valence electrons. The van der Waals surface area contributed by atoms with E-state index in [-0.39, 0.29) is 0 Å². The van der Waals surface area contributed by atoms with E-state index in [9.17, 15) is 22.0 Å². The Kier molecular flexibility index (Phi) is 4.04. The summed E-state index contributed by atoms with van der Waals surface area (Å²) in [4.78, 5) is 0. The zero-order chi connectivity index (χ0) is 12.3. The Morgan fingerprint density at radius 1 is 0.812 bits per heavy atom. The number of hydrogen-bond acceptors (Lipinski definition) is 0. The second-order valence-electron chi connectivity index (χ2n) is 3.17. The average Bonchev–Trinajstić information content (AvgIpc) is 2.28. The minimum absolute atomic E-state index is 0.499. The van der Waals surface area contributed by atoms with Crippen molar-refractivity contribution in [3.63, 3.8) is 0 Å². The Bertz CT molecular complexity index is 394. The second kappa shape index (κ2) is 5.09. The zero-order valence-corrected chi connectivity index (χ0v) is 8.46. The summed E-state index contributed by atoms with van der Waals surface area (Å²) in [5.74, 6) is -9.58. The maximum absolute atomic E-state index is 13.1. The van der Waals surface area contributed by atoms with Gasteiger partial charge < -0.3 is 0 Å². The van der Waals surface area contributed by atoms with Crippen LogP contribution in [0.15, 0.2) is 6.08 Å². The third kappa shape index (κ3) is 2.23. The largest absolute Gasteiger partial charge is 0.203 e. The van der Waals surface area contributed by atoms with Crippen LogP contribution in [0.1, 0.15) is 25.3 Å². The molecular formula is C11H9F5. The van der Waals surface area contributed by atoms with E-state index in [4.69, 9.17) is 0 Å². The molecule has 0 saturated heterocycles. The molecule has 1 aromatic carbocycles. The third-order valence-electron chi connectivity index (χ3n) is 1.98. The first kappa shape index (κ1) is 12.7. The minimum atomic E-state index is -2.14. The number of hydrogen-bond donors (Lipinski definition) is 0. The lowest BCUT2D eigenvalue weighted by molar-refractivity contribution is 0.377. The Hall–Kier alpha value is -1.39. The third-order valence-corrected chi connectivity index (χ3v) is 1.98. The van der Waals surface area contributed by atoms with E-state index >= 15 is 0 Å². The summed E-state index contributed by atoms with van der Waals surface area (Å²) in [6, 6.07) is 0. The van der Waals surface area contributed by atoms with Crippen LogP contribution in [0.2, 0.25) is 0 Å². The molecule has 0 fully saturated rings. The Labute approximate surface area is 89.4 Å². The summed E-state index contributed by atoms with van der Waals surface area (Å²) in [7, 11) is 0. The van der Waals surface area contributed by atoms with Crippen molar-refractivity contribution in [3.05, 3.63) is 40.7 Å².